The number of benzene rings is 1. The van der Waals surface area contributed by atoms with Gasteiger partial charge in [0.2, 0.25) is 12.7 Å². The summed E-state index contributed by atoms with van der Waals surface area (Å²) in [5.74, 6) is 2.17. The van der Waals surface area contributed by atoms with Crippen molar-refractivity contribution in [2.45, 2.75) is 45.8 Å². The number of ether oxygens (including phenoxy) is 2. The van der Waals surface area contributed by atoms with Crippen molar-refractivity contribution in [3.63, 3.8) is 0 Å². The number of fused-ring (bicyclic) bond motifs is 1. The lowest BCUT2D eigenvalue weighted by Crippen LogP contribution is -2.45. The van der Waals surface area contributed by atoms with Crippen molar-refractivity contribution >= 4 is 5.91 Å². The van der Waals surface area contributed by atoms with Crippen molar-refractivity contribution in [1.82, 2.24) is 15.8 Å². The van der Waals surface area contributed by atoms with Gasteiger partial charge >= 0.3 is 0 Å². The average molecular weight is 319 g/mol. The zero-order valence-electron chi connectivity index (χ0n) is 14.0. The first-order valence-corrected chi connectivity index (χ1v) is 8.27. The summed E-state index contributed by atoms with van der Waals surface area (Å²) in [5.41, 5.74) is 7.43. The van der Waals surface area contributed by atoms with Gasteiger partial charge in [-0.2, -0.15) is 0 Å². The second-order valence-corrected chi connectivity index (χ2v) is 6.47. The molecule has 2 aliphatic heterocycles. The molecule has 0 aliphatic carbocycles. The quantitative estimate of drug-likeness (QED) is 0.864. The van der Waals surface area contributed by atoms with Crippen LogP contribution >= 0.6 is 0 Å². The smallest absolute Gasteiger partial charge is 0.241 e. The minimum atomic E-state index is -0.156. The van der Waals surface area contributed by atoms with Crippen LogP contribution in [0.25, 0.3) is 0 Å². The Kier molecular flexibility index (Phi) is 4.73. The predicted molar refractivity (Wildman–Crippen MR) is 87.0 cm³/mol. The molecule has 0 spiro atoms. The van der Waals surface area contributed by atoms with Gasteiger partial charge in [-0.25, -0.2) is 5.43 Å². The fraction of sp³-hybridized carbons (Fsp3) is 0.588. The van der Waals surface area contributed by atoms with Crippen molar-refractivity contribution in [1.29, 1.82) is 0 Å². The minimum absolute atomic E-state index is 0.140. The molecule has 0 aromatic heterocycles. The van der Waals surface area contributed by atoms with E-state index in [9.17, 15) is 4.79 Å². The average Bonchev–Trinajstić information content (AvgIpc) is 3.20. The summed E-state index contributed by atoms with van der Waals surface area (Å²) in [4.78, 5) is 14.6. The number of hydrazine groups is 1. The van der Waals surface area contributed by atoms with Crippen molar-refractivity contribution < 1.29 is 14.3 Å². The zero-order chi connectivity index (χ0) is 16.4. The number of amides is 1. The second kappa shape index (κ2) is 6.76. The van der Waals surface area contributed by atoms with Crippen LogP contribution in [0.1, 0.15) is 32.8 Å². The first-order valence-electron chi connectivity index (χ1n) is 8.27. The number of hydrogen-bond acceptors (Lipinski definition) is 5. The first-order chi connectivity index (χ1) is 11.1. The topological polar surface area (TPSA) is 62.8 Å². The fourth-order valence-electron chi connectivity index (χ4n) is 3.01. The maximum absolute atomic E-state index is 12.8. The Labute approximate surface area is 137 Å². The molecule has 1 aromatic rings. The third-order valence-corrected chi connectivity index (χ3v) is 4.54. The van der Waals surface area contributed by atoms with Crippen LogP contribution in [0.5, 0.6) is 11.5 Å². The SMILES string of the molecule is CCN(Cc1ccc2c(c1)OCO2)C(=O)C1CC(C(C)C)NN1. The van der Waals surface area contributed by atoms with E-state index in [-0.39, 0.29) is 18.7 Å². The Balaban J connectivity index is 1.64. The summed E-state index contributed by atoms with van der Waals surface area (Å²) in [6, 6.07) is 6.03. The summed E-state index contributed by atoms with van der Waals surface area (Å²) in [5, 5.41) is 0. The van der Waals surface area contributed by atoms with E-state index < -0.39 is 0 Å². The molecular formula is C17H25N3O3. The summed E-state index contributed by atoms with van der Waals surface area (Å²) in [6.45, 7) is 7.86. The Morgan fingerprint density at radius 1 is 1.30 bits per heavy atom. The molecule has 3 rings (SSSR count). The lowest BCUT2D eigenvalue weighted by molar-refractivity contribution is -0.133. The molecule has 2 N–H and O–H groups in total. The summed E-state index contributed by atoms with van der Waals surface area (Å²) in [6.07, 6.45) is 0.828. The third-order valence-electron chi connectivity index (χ3n) is 4.54. The molecule has 1 fully saturated rings. The molecule has 1 amide bonds. The fourth-order valence-corrected chi connectivity index (χ4v) is 3.01. The maximum Gasteiger partial charge on any atom is 0.241 e. The number of carbonyl (C=O) groups excluding carboxylic acids is 1. The lowest BCUT2D eigenvalue weighted by atomic mass is 9.99. The molecule has 2 atom stereocenters. The van der Waals surface area contributed by atoms with Crippen LogP contribution in [-0.4, -0.2) is 36.2 Å². The second-order valence-electron chi connectivity index (χ2n) is 6.47. The highest BCUT2D eigenvalue weighted by molar-refractivity contribution is 5.82. The van der Waals surface area contributed by atoms with E-state index in [1.54, 1.807) is 0 Å². The maximum atomic E-state index is 12.8. The Bertz CT molecular complexity index is 576. The molecule has 1 saturated heterocycles. The van der Waals surface area contributed by atoms with E-state index in [1.807, 2.05) is 30.0 Å². The number of nitrogens with zero attached hydrogens (tertiary/aromatic N) is 1. The zero-order valence-corrected chi connectivity index (χ0v) is 14.0. The molecule has 126 valence electrons. The van der Waals surface area contributed by atoms with Crippen LogP contribution in [0, 0.1) is 5.92 Å². The van der Waals surface area contributed by atoms with Crippen LogP contribution in [0.3, 0.4) is 0 Å². The standard InChI is InChI=1S/C17H25N3O3/c1-4-20(17(21)14-8-13(11(2)3)18-19-14)9-12-5-6-15-16(7-12)23-10-22-15/h5-7,11,13-14,18-19H,4,8-10H2,1-3H3. The number of hydrogen-bond donors (Lipinski definition) is 2. The van der Waals surface area contributed by atoms with E-state index in [2.05, 4.69) is 24.7 Å². The van der Waals surface area contributed by atoms with Gasteiger partial charge in [-0.3, -0.25) is 10.2 Å². The lowest BCUT2D eigenvalue weighted by Gasteiger charge is -2.24. The van der Waals surface area contributed by atoms with Crippen molar-refractivity contribution in [3.05, 3.63) is 23.8 Å². The number of rotatable bonds is 5. The van der Waals surface area contributed by atoms with E-state index in [4.69, 9.17) is 9.47 Å². The highest BCUT2D eigenvalue weighted by atomic mass is 16.7. The van der Waals surface area contributed by atoms with Crippen LogP contribution < -0.4 is 20.3 Å². The Morgan fingerprint density at radius 2 is 2.09 bits per heavy atom. The van der Waals surface area contributed by atoms with Gasteiger partial charge in [0.15, 0.2) is 11.5 Å². The summed E-state index contributed by atoms with van der Waals surface area (Å²) in [7, 11) is 0. The van der Waals surface area contributed by atoms with Gasteiger partial charge in [0.1, 0.15) is 6.04 Å². The molecule has 23 heavy (non-hydrogen) atoms. The van der Waals surface area contributed by atoms with Crippen molar-refractivity contribution in [3.8, 4) is 11.5 Å². The molecule has 0 saturated carbocycles. The molecule has 0 radical (unpaired) electrons. The molecule has 6 nitrogen and oxygen atoms in total. The van der Waals surface area contributed by atoms with Gasteiger partial charge in [0.05, 0.1) is 0 Å². The van der Waals surface area contributed by atoms with Gasteiger partial charge in [-0.1, -0.05) is 19.9 Å². The number of carbonyl (C=O) groups is 1. The normalized spacial score (nSPS) is 22.6. The Hall–Kier alpha value is -1.79. The van der Waals surface area contributed by atoms with Crippen molar-refractivity contribution in [2.24, 2.45) is 5.92 Å². The Morgan fingerprint density at radius 3 is 2.78 bits per heavy atom. The molecule has 2 heterocycles. The molecule has 0 bridgehead atoms. The van der Waals surface area contributed by atoms with Crippen LogP contribution in [0.15, 0.2) is 18.2 Å². The van der Waals surface area contributed by atoms with Gasteiger partial charge in [0, 0.05) is 19.1 Å². The summed E-state index contributed by atoms with van der Waals surface area (Å²) >= 11 is 0. The highest BCUT2D eigenvalue weighted by Gasteiger charge is 2.33. The van der Waals surface area contributed by atoms with Crippen LogP contribution in [0.2, 0.25) is 0 Å². The van der Waals surface area contributed by atoms with E-state index in [1.165, 1.54) is 0 Å². The molecule has 1 aromatic carbocycles. The van der Waals surface area contributed by atoms with E-state index in [0.29, 0.717) is 25.0 Å². The van der Waals surface area contributed by atoms with Gasteiger partial charge in [-0.15, -0.1) is 0 Å². The predicted octanol–water partition coefficient (Wildman–Crippen LogP) is 1.65. The molecule has 2 aliphatic rings. The molecular weight excluding hydrogens is 294 g/mol. The van der Waals surface area contributed by atoms with Gasteiger partial charge in [0.25, 0.3) is 0 Å². The van der Waals surface area contributed by atoms with Crippen LogP contribution in [0.4, 0.5) is 0 Å². The minimum Gasteiger partial charge on any atom is -0.454 e. The number of nitrogens with one attached hydrogen (secondary N) is 2. The van der Waals surface area contributed by atoms with Crippen LogP contribution in [-0.2, 0) is 11.3 Å². The monoisotopic (exact) mass is 319 g/mol. The number of likely N-dealkylation sites (N-methyl/N-ethyl adjacent to an activating group) is 1. The largest absolute Gasteiger partial charge is 0.454 e. The highest BCUT2D eigenvalue weighted by Crippen LogP contribution is 2.32. The van der Waals surface area contributed by atoms with Crippen molar-refractivity contribution in [2.75, 3.05) is 13.3 Å². The third kappa shape index (κ3) is 3.43. The molecule has 2 unspecified atom stereocenters. The molecule has 6 heteroatoms. The van der Waals surface area contributed by atoms with E-state index in [0.717, 1.165) is 23.5 Å². The van der Waals surface area contributed by atoms with E-state index >= 15 is 0 Å². The van der Waals surface area contributed by atoms with Gasteiger partial charge in [-0.05, 0) is 37.0 Å². The first kappa shape index (κ1) is 16.1. The van der Waals surface area contributed by atoms with Gasteiger partial charge < -0.3 is 14.4 Å². The summed E-state index contributed by atoms with van der Waals surface area (Å²) < 4.78 is 10.7.